The van der Waals surface area contributed by atoms with E-state index in [1.54, 1.807) is 0 Å². The Kier molecular flexibility index (Phi) is 3.21. The molecule has 3 unspecified atom stereocenters. The van der Waals surface area contributed by atoms with Gasteiger partial charge in [0.15, 0.2) is 0 Å². The third kappa shape index (κ3) is 2.28. The summed E-state index contributed by atoms with van der Waals surface area (Å²) in [6, 6.07) is 1.75. The topological polar surface area (TPSA) is 15.3 Å². The summed E-state index contributed by atoms with van der Waals surface area (Å²) in [7, 11) is 0. The van der Waals surface area contributed by atoms with Crippen LogP contribution < -0.4 is 5.32 Å². The number of nitrogens with one attached hydrogen (secondary N) is 1. The number of nitrogens with zero attached hydrogens (tertiary/aromatic N) is 1. The highest BCUT2D eigenvalue weighted by Gasteiger charge is 2.40. The smallest absolute Gasteiger partial charge is 0.0223 e. The number of hydrogen-bond acceptors (Lipinski definition) is 2. The summed E-state index contributed by atoms with van der Waals surface area (Å²) in [6.45, 7) is 6.25. The molecule has 2 saturated carbocycles. The summed E-state index contributed by atoms with van der Waals surface area (Å²) < 4.78 is 0. The van der Waals surface area contributed by atoms with Crippen LogP contribution in [0, 0.1) is 11.8 Å². The molecule has 1 saturated heterocycles. The zero-order valence-corrected chi connectivity index (χ0v) is 10.6. The minimum Gasteiger partial charge on any atom is -0.311 e. The van der Waals surface area contributed by atoms with E-state index in [4.69, 9.17) is 0 Å². The minimum absolute atomic E-state index is 0.807. The van der Waals surface area contributed by atoms with Crippen LogP contribution in [0.3, 0.4) is 0 Å². The van der Waals surface area contributed by atoms with E-state index in [2.05, 4.69) is 17.1 Å². The molecule has 0 aromatic rings. The van der Waals surface area contributed by atoms with E-state index in [9.17, 15) is 0 Å². The van der Waals surface area contributed by atoms with Crippen LogP contribution in [0.1, 0.15) is 45.4 Å². The molecule has 2 aliphatic carbocycles. The predicted molar refractivity (Wildman–Crippen MR) is 67.5 cm³/mol. The molecule has 1 aliphatic heterocycles. The fourth-order valence-corrected chi connectivity index (χ4v) is 3.77. The first-order valence-corrected chi connectivity index (χ1v) is 7.32. The van der Waals surface area contributed by atoms with Crippen LogP contribution in [0.5, 0.6) is 0 Å². The molecule has 3 atom stereocenters. The lowest BCUT2D eigenvalue weighted by Crippen LogP contribution is -2.54. The van der Waals surface area contributed by atoms with Crippen molar-refractivity contribution in [2.75, 3.05) is 19.6 Å². The molecule has 1 heterocycles. The standard InChI is InChI=1S/C14H26N2/c1-11-9-14(11)16-8-7-15-13(10-16)12-5-3-2-4-6-12/h11-15H,2-10H2,1H3. The number of piperazine rings is 1. The summed E-state index contributed by atoms with van der Waals surface area (Å²) >= 11 is 0. The average molecular weight is 222 g/mol. The number of rotatable bonds is 2. The van der Waals surface area contributed by atoms with Crippen LogP contribution in [0.2, 0.25) is 0 Å². The van der Waals surface area contributed by atoms with Gasteiger partial charge in [0.1, 0.15) is 0 Å². The number of hydrogen-bond donors (Lipinski definition) is 1. The van der Waals surface area contributed by atoms with Gasteiger partial charge in [0, 0.05) is 31.7 Å². The Morgan fingerprint density at radius 1 is 1.12 bits per heavy atom. The third-order valence-electron chi connectivity index (χ3n) is 4.99. The lowest BCUT2D eigenvalue weighted by molar-refractivity contribution is 0.136. The van der Waals surface area contributed by atoms with Crippen LogP contribution in [-0.4, -0.2) is 36.6 Å². The van der Waals surface area contributed by atoms with Gasteiger partial charge in [-0.1, -0.05) is 26.2 Å². The van der Waals surface area contributed by atoms with Crippen LogP contribution in [-0.2, 0) is 0 Å². The van der Waals surface area contributed by atoms with Gasteiger partial charge in [-0.05, 0) is 31.1 Å². The Labute approximate surface area is 99.8 Å². The van der Waals surface area contributed by atoms with Crippen LogP contribution in [0.25, 0.3) is 0 Å². The van der Waals surface area contributed by atoms with Gasteiger partial charge in [-0.3, -0.25) is 4.90 Å². The second kappa shape index (κ2) is 4.66. The molecule has 0 radical (unpaired) electrons. The van der Waals surface area contributed by atoms with Crippen molar-refractivity contribution >= 4 is 0 Å². The molecule has 3 aliphatic rings. The zero-order chi connectivity index (χ0) is 11.0. The Hall–Kier alpha value is -0.0800. The normalized spacial score (nSPS) is 42.2. The van der Waals surface area contributed by atoms with Crippen molar-refractivity contribution in [3.05, 3.63) is 0 Å². The van der Waals surface area contributed by atoms with E-state index < -0.39 is 0 Å². The summed E-state index contributed by atoms with van der Waals surface area (Å²) in [6.07, 6.45) is 8.84. The molecule has 0 spiro atoms. The maximum absolute atomic E-state index is 3.77. The minimum atomic E-state index is 0.807. The van der Waals surface area contributed by atoms with Crippen LogP contribution >= 0.6 is 0 Å². The highest BCUT2D eigenvalue weighted by Crippen LogP contribution is 2.36. The Morgan fingerprint density at radius 3 is 2.56 bits per heavy atom. The second-order valence-corrected chi connectivity index (χ2v) is 6.23. The second-order valence-electron chi connectivity index (χ2n) is 6.23. The molecule has 3 fully saturated rings. The van der Waals surface area contributed by atoms with E-state index in [-0.39, 0.29) is 0 Å². The highest BCUT2D eigenvalue weighted by molar-refractivity contribution is 4.96. The van der Waals surface area contributed by atoms with Crippen LogP contribution in [0.4, 0.5) is 0 Å². The summed E-state index contributed by atoms with van der Waals surface area (Å²) in [4.78, 5) is 2.76. The van der Waals surface area contributed by atoms with Gasteiger partial charge in [0.05, 0.1) is 0 Å². The van der Waals surface area contributed by atoms with Gasteiger partial charge in [-0.15, -0.1) is 0 Å². The lowest BCUT2D eigenvalue weighted by Gasteiger charge is -2.39. The fraction of sp³-hybridized carbons (Fsp3) is 1.00. The summed E-state index contributed by atoms with van der Waals surface area (Å²) in [5, 5.41) is 3.77. The van der Waals surface area contributed by atoms with Crippen molar-refractivity contribution in [1.82, 2.24) is 10.2 Å². The molecule has 16 heavy (non-hydrogen) atoms. The summed E-state index contributed by atoms with van der Waals surface area (Å²) in [5.41, 5.74) is 0. The van der Waals surface area contributed by atoms with E-state index in [1.165, 1.54) is 58.2 Å². The Balaban J connectivity index is 1.54. The molecule has 0 amide bonds. The molecule has 0 aromatic carbocycles. The van der Waals surface area contributed by atoms with Crippen molar-refractivity contribution in [2.24, 2.45) is 11.8 Å². The quantitative estimate of drug-likeness (QED) is 0.771. The van der Waals surface area contributed by atoms with Gasteiger partial charge in [-0.25, -0.2) is 0 Å². The molecular weight excluding hydrogens is 196 g/mol. The van der Waals surface area contributed by atoms with Gasteiger partial charge in [-0.2, -0.15) is 0 Å². The van der Waals surface area contributed by atoms with Crippen molar-refractivity contribution in [3.8, 4) is 0 Å². The van der Waals surface area contributed by atoms with Crippen LogP contribution in [0.15, 0.2) is 0 Å². The Bertz CT molecular complexity index is 235. The van der Waals surface area contributed by atoms with Gasteiger partial charge >= 0.3 is 0 Å². The molecule has 92 valence electrons. The first-order chi connectivity index (χ1) is 7.84. The molecule has 0 aromatic heterocycles. The zero-order valence-electron chi connectivity index (χ0n) is 10.6. The van der Waals surface area contributed by atoms with Crippen molar-refractivity contribution < 1.29 is 0 Å². The monoisotopic (exact) mass is 222 g/mol. The fourth-order valence-electron chi connectivity index (χ4n) is 3.77. The molecule has 2 nitrogen and oxygen atoms in total. The largest absolute Gasteiger partial charge is 0.311 e. The predicted octanol–water partition coefficient (Wildman–Crippen LogP) is 2.25. The molecule has 2 heteroatoms. The van der Waals surface area contributed by atoms with Crippen molar-refractivity contribution in [3.63, 3.8) is 0 Å². The highest BCUT2D eigenvalue weighted by atomic mass is 15.2. The Morgan fingerprint density at radius 2 is 1.88 bits per heavy atom. The first-order valence-electron chi connectivity index (χ1n) is 7.32. The van der Waals surface area contributed by atoms with Crippen molar-refractivity contribution in [1.29, 1.82) is 0 Å². The molecule has 3 rings (SSSR count). The SMILES string of the molecule is CC1CC1N1CCNC(C2CCCCC2)C1. The molecule has 1 N–H and O–H groups in total. The maximum Gasteiger partial charge on any atom is 0.0223 e. The van der Waals surface area contributed by atoms with Gasteiger partial charge in [0.25, 0.3) is 0 Å². The maximum atomic E-state index is 3.77. The molecule has 0 bridgehead atoms. The van der Waals surface area contributed by atoms with Gasteiger partial charge in [0.2, 0.25) is 0 Å². The summed E-state index contributed by atoms with van der Waals surface area (Å²) in [5.74, 6) is 1.95. The van der Waals surface area contributed by atoms with Gasteiger partial charge < -0.3 is 5.32 Å². The lowest BCUT2D eigenvalue weighted by atomic mass is 9.83. The van der Waals surface area contributed by atoms with Crippen molar-refractivity contribution in [2.45, 2.75) is 57.5 Å². The van der Waals surface area contributed by atoms with E-state index >= 15 is 0 Å². The van der Waals surface area contributed by atoms with E-state index in [0.29, 0.717) is 0 Å². The van der Waals surface area contributed by atoms with E-state index in [1.807, 2.05) is 0 Å². The molecular formula is C14H26N2. The average Bonchev–Trinajstić information content (AvgIpc) is 3.08. The third-order valence-corrected chi connectivity index (χ3v) is 4.99. The first kappa shape index (κ1) is 11.0. The van der Waals surface area contributed by atoms with E-state index in [0.717, 1.165) is 23.9 Å².